The Kier molecular flexibility index (Phi) is 5.61. The number of hydrogen-bond acceptors (Lipinski definition) is 4. The van der Waals surface area contributed by atoms with Crippen LogP contribution in [0.2, 0.25) is 0 Å². The van der Waals surface area contributed by atoms with E-state index in [1.165, 1.54) is 0 Å². The van der Waals surface area contributed by atoms with Crippen LogP contribution in [0, 0.1) is 5.82 Å². The standard InChI is InChI=1S/C15H23FN2O2/c1-12(2)17-13-4-3-5-14(15(13)16)20-11-8-18-6-9-19-10-7-18/h3-5,12,17H,6-11H2,1-2H3. The van der Waals surface area contributed by atoms with Crippen LogP contribution in [0.3, 0.4) is 0 Å². The molecule has 0 saturated carbocycles. The molecule has 0 spiro atoms. The summed E-state index contributed by atoms with van der Waals surface area (Å²) in [5.74, 6) is -0.00733. The molecule has 112 valence electrons. The summed E-state index contributed by atoms with van der Waals surface area (Å²) in [6.45, 7) is 8.61. The summed E-state index contributed by atoms with van der Waals surface area (Å²) in [6.07, 6.45) is 0. The van der Waals surface area contributed by atoms with E-state index in [0.717, 1.165) is 32.8 Å². The van der Waals surface area contributed by atoms with E-state index in [4.69, 9.17) is 9.47 Å². The lowest BCUT2D eigenvalue weighted by Gasteiger charge is -2.26. The van der Waals surface area contributed by atoms with Gasteiger partial charge >= 0.3 is 0 Å². The van der Waals surface area contributed by atoms with E-state index in [2.05, 4.69) is 10.2 Å². The van der Waals surface area contributed by atoms with Crippen molar-refractivity contribution in [2.75, 3.05) is 44.8 Å². The van der Waals surface area contributed by atoms with Crippen molar-refractivity contribution in [3.05, 3.63) is 24.0 Å². The monoisotopic (exact) mass is 282 g/mol. The molecule has 0 atom stereocenters. The summed E-state index contributed by atoms with van der Waals surface area (Å²) >= 11 is 0. The molecule has 0 bridgehead atoms. The van der Waals surface area contributed by atoms with E-state index >= 15 is 0 Å². The van der Waals surface area contributed by atoms with Crippen LogP contribution in [0.1, 0.15) is 13.8 Å². The van der Waals surface area contributed by atoms with Crippen molar-refractivity contribution in [3.63, 3.8) is 0 Å². The molecule has 20 heavy (non-hydrogen) atoms. The van der Waals surface area contributed by atoms with Crippen LogP contribution in [0.5, 0.6) is 5.75 Å². The molecule has 1 aliphatic rings. The Bertz CT molecular complexity index is 420. The molecular formula is C15H23FN2O2. The lowest BCUT2D eigenvalue weighted by molar-refractivity contribution is 0.0320. The zero-order chi connectivity index (χ0) is 14.4. The van der Waals surface area contributed by atoms with Gasteiger partial charge in [-0.25, -0.2) is 4.39 Å². The van der Waals surface area contributed by atoms with Gasteiger partial charge in [0.1, 0.15) is 6.61 Å². The molecule has 0 aliphatic carbocycles. The maximum Gasteiger partial charge on any atom is 0.188 e. The number of morpholine rings is 1. The Morgan fingerprint density at radius 1 is 1.35 bits per heavy atom. The number of nitrogens with one attached hydrogen (secondary N) is 1. The van der Waals surface area contributed by atoms with Crippen LogP contribution in [0.25, 0.3) is 0 Å². The zero-order valence-electron chi connectivity index (χ0n) is 12.2. The lowest BCUT2D eigenvalue weighted by atomic mass is 10.2. The van der Waals surface area contributed by atoms with Gasteiger partial charge in [-0.15, -0.1) is 0 Å². The van der Waals surface area contributed by atoms with Crippen LogP contribution in [0.4, 0.5) is 10.1 Å². The van der Waals surface area contributed by atoms with Crippen molar-refractivity contribution in [1.29, 1.82) is 0 Å². The van der Waals surface area contributed by atoms with Gasteiger partial charge in [0, 0.05) is 25.7 Å². The Morgan fingerprint density at radius 3 is 2.80 bits per heavy atom. The van der Waals surface area contributed by atoms with Crippen LogP contribution in [0.15, 0.2) is 18.2 Å². The van der Waals surface area contributed by atoms with E-state index in [9.17, 15) is 4.39 Å². The van der Waals surface area contributed by atoms with Gasteiger partial charge < -0.3 is 14.8 Å². The molecule has 1 aliphatic heterocycles. The van der Waals surface area contributed by atoms with Gasteiger partial charge in [-0.3, -0.25) is 4.90 Å². The number of rotatable bonds is 6. The third-order valence-corrected chi connectivity index (χ3v) is 3.18. The Labute approximate surface area is 119 Å². The van der Waals surface area contributed by atoms with Gasteiger partial charge in [-0.1, -0.05) is 6.07 Å². The van der Waals surface area contributed by atoms with Crippen molar-refractivity contribution in [2.24, 2.45) is 0 Å². The smallest absolute Gasteiger partial charge is 0.188 e. The number of nitrogens with zero attached hydrogens (tertiary/aromatic N) is 1. The Morgan fingerprint density at radius 2 is 2.10 bits per heavy atom. The minimum absolute atomic E-state index is 0.188. The highest BCUT2D eigenvalue weighted by atomic mass is 19.1. The minimum atomic E-state index is -0.317. The fourth-order valence-electron chi connectivity index (χ4n) is 2.15. The first kappa shape index (κ1) is 15.1. The molecule has 1 aromatic rings. The highest BCUT2D eigenvalue weighted by Gasteiger charge is 2.12. The van der Waals surface area contributed by atoms with Crippen molar-refractivity contribution < 1.29 is 13.9 Å². The zero-order valence-corrected chi connectivity index (χ0v) is 12.2. The van der Waals surface area contributed by atoms with Crippen LogP contribution < -0.4 is 10.1 Å². The number of benzene rings is 1. The quantitative estimate of drug-likeness (QED) is 0.868. The maximum atomic E-state index is 14.2. The summed E-state index contributed by atoms with van der Waals surface area (Å²) in [7, 11) is 0. The normalized spacial score (nSPS) is 16.4. The Balaban J connectivity index is 1.85. The highest BCUT2D eigenvalue weighted by molar-refractivity contribution is 5.50. The largest absolute Gasteiger partial charge is 0.489 e. The molecule has 1 fully saturated rings. The van der Waals surface area contributed by atoms with E-state index in [-0.39, 0.29) is 11.9 Å². The predicted molar refractivity (Wildman–Crippen MR) is 77.9 cm³/mol. The highest BCUT2D eigenvalue weighted by Crippen LogP contribution is 2.24. The number of halogens is 1. The summed E-state index contributed by atoms with van der Waals surface area (Å²) in [6, 6.07) is 5.38. The second-order valence-corrected chi connectivity index (χ2v) is 5.22. The van der Waals surface area contributed by atoms with Crippen molar-refractivity contribution in [1.82, 2.24) is 4.90 Å². The van der Waals surface area contributed by atoms with Gasteiger partial charge in [-0.05, 0) is 26.0 Å². The van der Waals surface area contributed by atoms with Crippen LogP contribution >= 0.6 is 0 Å². The van der Waals surface area contributed by atoms with E-state index < -0.39 is 0 Å². The fourth-order valence-corrected chi connectivity index (χ4v) is 2.15. The molecule has 0 amide bonds. The van der Waals surface area contributed by atoms with Gasteiger partial charge in [-0.2, -0.15) is 0 Å². The van der Waals surface area contributed by atoms with Crippen molar-refractivity contribution in [3.8, 4) is 5.75 Å². The first-order valence-electron chi connectivity index (χ1n) is 7.15. The van der Waals surface area contributed by atoms with Gasteiger partial charge in [0.15, 0.2) is 11.6 Å². The lowest BCUT2D eigenvalue weighted by Crippen LogP contribution is -2.38. The third kappa shape index (κ3) is 4.35. The van der Waals surface area contributed by atoms with E-state index in [1.807, 2.05) is 13.8 Å². The number of ether oxygens (including phenoxy) is 2. The van der Waals surface area contributed by atoms with Gasteiger partial charge in [0.2, 0.25) is 0 Å². The molecule has 5 heteroatoms. The SMILES string of the molecule is CC(C)Nc1cccc(OCCN2CCOCC2)c1F. The molecule has 1 saturated heterocycles. The summed E-state index contributed by atoms with van der Waals surface area (Å²) in [4.78, 5) is 2.26. The second kappa shape index (κ2) is 7.45. The first-order valence-corrected chi connectivity index (χ1v) is 7.15. The predicted octanol–water partition coefficient (Wildman–Crippen LogP) is 2.36. The van der Waals surface area contributed by atoms with E-state index in [0.29, 0.717) is 18.0 Å². The molecule has 1 N–H and O–H groups in total. The summed E-state index contributed by atoms with van der Waals surface area (Å²) in [5.41, 5.74) is 0.490. The maximum absolute atomic E-state index is 14.2. The molecule has 1 heterocycles. The minimum Gasteiger partial charge on any atom is -0.489 e. The first-order chi connectivity index (χ1) is 9.66. The van der Waals surface area contributed by atoms with Crippen LogP contribution in [-0.4, -0.2) is 50.4 Å². The number of hydrogen-bond donors (Lipinski definition) is 1. The fraction of sp³-hybridized carbons (Fsp3) is 0.600. The molecule has 0 aromatic heterocycles. The summed E-state index contributed by atoms with van der Waals surface area (Å²) in [5, 5.41) is 3.07. The molecule has 0 radical (unpaired) electrons. The van der Waals surface area contributed by atoms with Crippen LogP contribution in [-0.2, 0) is 4.74 Å². The molecule has 2 rings (SSSR count). The van der Waals surface area contributed by atoms with Gasteiger partial charge in [0.25, 0.3) is 0 Å². The van der Waals surface area contributed by atoms with E-state index in [1.54, 1.807) is 18.2 Å². The molecule has 1 aromatic carbocycles. The van der Waals surface area contributed by atoms with Crippen molar-refractivity contribution >= 4 is 5.69 Å². The third-order valence-electron chi connectivity index (χ3n) is 3.18. The molecule has 4 nitrogen and oxygen atoms in total. The Hall–Kier alpha value is -1.33. The average molecular weight is 282 g/mol. The topological polar surface area (TPSA) is 33.7 Å². The van der Waals surface area contributed by atoms with Gasteiger partial charge in [0.05, 0.1) is 18.9 Å². The number of anilines is 1. The molecular weight excluding hydrogens is 259 g/mol. The molecule has 0 unspecified atom stereocenters. The summed E-state index contributed by atoms with van der Waals surface area (Å²) < 4.78 is 25.0. The average Bonchev–Trinajstić information content (AvgIpc) is 2.43. The second-order valence-electron chi connectivity index (χ2n) is 5.22. The van der Waals surface area contributed by atoms with Crippen molar-refractivity contribution in [2.45, 2.75) is 19.9 Å².